The van der Waals surface area contributed by atoms with E-state index >= 15 is 0 Å². The Kier molecular flexibility index (Phi) is 5.68. The molecule has 0 unspecified atom stereocenters. The van der Waals surface area contributed by atoms with Crippen LogP contribution in [0.3, 0.4) is 0 Å². The standard InChI is InChI=1S/C22H19F5N4O4/c1-9-15(17(32)19(34)30-21(20(28)35)7-22(26,27)8-21)14-4-10(23)6-31(14)16(9)18(33)29-11-2-3-12(24)13(25)5-11/h2-3,5,10H,4,6-8H2,1H3,(H2,28,35)(H,29,33)(H,30,34)/t10-/m1/s1. The van der Waals surface area contributed by atoms with Gasteiger partial charge >= 0.3 is 0 Å². The van der Waals surface area contributed by atoms with Gasteiger partial charge in [0.15, 0.2) is 11.6 Å². The fourth-order valence-electron chi connectivity index (χ4n) is 4.59. The van der Waals surface area contributed by atoms with Crippen molar-refractivity contribution in [3.8, 4) is 0 Å². The molecule has 3 amide bonds. The van der Waals surface area contributed by atoms with Crippen molar-refractivity contribution in [1.82, 2.24) is 9.88 Å². The van der Waals surface area contributed by atoms with Gasteiger partial charge in [-0.15, -0.1) is 0 Å². The van der Waals surface area contributed by atoms with Crippen molar-refractivity contribution < 1.29 is 41.1 Å². The fourth-order valence-corrected chi connectivity index (χ4v) is 4.59. The summed E-state index contributed by atoms with van der Waals surface area (Å²) in [6.45, 7) is 1.00. The second kappa shape index (κ2) is 8.17. The van der Waals surface area contributed by atoms with Crippen LogP contribution in [0.15, 0.2) is 18.2 Å². The molecule has 0 saturated heterocycles. The maximum Gasteiger partial charge on any atom is 0.293 e. The lowest BCUT2D eigenvalue weighted by Gasteiger charge is -2.44. The molecule has 8 nitrogen and oxygen atoms in total. The van der Waals surface area contributed by atoms with Crippen LogP contribution in [0.4, 0.5) is 27.6 Å². The van der Waals surface area contributed by atoms with Crippen LogP contribution in [-0.2, 0) is 22.6 Å². The topological polar surface area (TPSA) is 123 Å². The van der Waals surface area contributed by atoms with Crippen molar-refractivity contribution >= 4 is 29.2 Å². The molecule has 1 aliphatic carbocycles. The van der Waals surface area contributed by atoms with Gasteiger partial charge in [-0.3, -0.25) is 19.2 Å². The Bertz CT molecular complexity index is 1280. The third-order valence-electron chi connectivity index (χ3n) is 6.18. The van der Waals surface area contributed by atoms with Gasteiger partial charge in [-0.2, -0.15) is 0 Å². The van der Waals surface area contributed by atoms with Gasteiger partial charge in [0.2, 0.25) is 5.91 Å². The molecule has 186 valence electrons. The zero-order valence-electron chi connectivity index (χ0n) is 18.2. The fraction of sp³-hybridized carbons (Fsp3) is 0.364. The summed E-state index contributed by atoms with van der Waals surface area (Å²) in [6.07, 6.45) is -3.95. The monoisotopic (exact) mass is 498 g/mol. The summed E-state index contributed by atoms with van der Waals surface area (Å²) in [4.78, 5) is 50.3. The highest BCUT2D eigenvalue weighted by molar-refractivity contribution is 6.44. The van der Waals surface area contributed by atoms with E-state index < -0.39 is 65.6 Å². The lowest BCUT2D eigenvalue weighted by atomic mass is 9.72. The number of anilines is 1. The Morgan fingerprint density at radius 2 is 1.77 bits per heavy atom. The Morgan fingerprint density at radius 1 is 1.11 bits per heavy atom. The molecule has 35 heavy (non-hydrogen) atoms. The van der Waals surface area contributed by atoms with Crippen molar-refractivity contribution in [2.45, 2.75) is 50.4 Å². The average molecular weight is 498 g/mol. The van der Waals surface area contributed by atoms with Crippen LogP contribution < -0.4 is 16.4 Å². The van der Waals surface area contributed by atoms with Gasteiger partial charge in [-0.25, -0.2) is 22.0 Å². The molecule has 1 atom stereocenters. The van der Waals surface area contributed by atoms with E-state index in [1.165, 1.54) is 11.5 Å². The van der Waals surface area contributed by atoms with Crippen molar-refractivity contribution in [3.63, 3.8) is 0 Å². The van der Waals surface area contributed by atoms with Crippen LogP contribution >= 0.6 is 0 Å². The Hall–Kier alpha value is -3.77. The number of nitrogens with zero attached hydrogens (tertiary/aromatic N) is 1. The Labute approximate surface area is 194 Å². The van der Waals surface area contributed by atoms with Crippen LogP contribution in [0.5, 0.6) is 0 Å². The number of carbonyl (C=O) groups excluding carboxylic acids is 4. The first-order valence-electron chi connectivity index (χ1n) is 10.4. The molecular weight excluding hydrogens is 479 g/mol. The van der Waals surface area contributed by atoms with Crippen molar-refractivity contribution in [2.75, 3.05) is 5.32 Å². The number of nitrogens with two attached hydrogens (primary N) is 1. The maximum atomic E-state index is 14.2. The minimum Gasteiger partial charge on any atom is -0.368 e. The molecule has 1 aliphatic heterocycles. The van der Waals surface area contributed by atoms with Crippen LogP contribution in [0.1, 0.15) is 44.9 Å². The van der Waals surface area contributed by atoms with Gasteiger partial charge in [-0.05, 0) is 24.6 Å². The number of ketones is 1. The summed E-state index contributed by atoms with van der Waals surface area (Å²) < 4.78 is 68.9. The second-order valence-electron chi connectivity index (χ2n) is 8.73. The molecule has 13 heteroatoms. The number of rotatable bonds is 6. The normalized spacial score (nSPS) is 19.4. The molecule has 2 aliphatic rings. The molecule has 4 rings (SSSR count). The van der Waals surface area contributed by atoms with Crippen molar-refractivity contribution in [1.29, 1.82) is 0 Å². The number of hydrogen-bond acceptors (Lipinski definition) is 4. The van der Waals surface area contributed by atoms with Crippen LogP contribution in [-0.4, -0.2) is 45.7 Å². The molecule has 1 aromatic heterocycles. The third-order valence-corrected chi connectivity index (χ3v) is 6.18. The number of fused-ring (bicyclic) bond motifs is 1. The smallest absolute Gasteiger partial charge is 0.293 e. The zero-order valence-corrected chi connectivity index (χ0v) is 18.2. The maximum absolute atomic E-state index is 14.2. The number of benzene rings is 1. The molecule has 4 N–H and O–H groups in total. The molecule has 0 bridgehead atoms. The van der Waals surface area contributed by atoms with Crippen molar-refractivity contribution in [2.24, 2.45) is 5.73 Å². The number of Topliss-reactive ketones (excluding diaryl/α,β-unsaturated/α-hetero) is 1. The summed E-state index contributed by atoms with van der Waals surface area (Å²) in [5.41, 5.74) is 2.44. The zero-order chi connectivity index (χ0) is 25.9. The number of nitrogens with one attached hydrogen (secondary N) is 2. The second-order valence-corrected chi connectivity index (χ2v) is 8.73. The summed E-state index contributed by atoms with van der Waals surface area (Å²) in [7, 11) is 0. The van der Waals surface area contributed by atoms with Gasteiger partial charge < -0.3 is 20.9 Å². The lowest BCUT2D eigenvalue weighted by Crippen LogP contribution is -2.69. The average Bonchev–Trinajstić information content (AvgIpc) is 3.21. The number of hydrogen-bond donors (Lipinski definition) is 3. The van der Waals surface area contributed by atoms with E-state index in [0.29, 0.717) is 0 Å². The van der Waals surface area contributed by atoms with Crippen LogP contribution in [0, 0.1) is 18.6 Å². The predicted molar refractivity (Wildman–Crippen MR) is 111 cm³/mol. The SMILES string of the molecule is Cc1c(C(=O)C(=O)NC2(C(N)=O)CC(F)(F)C2)c2n(c1C(=O)Nc1ccc(F)c(F)c1)C[C@H](F)C2. The summed E-state index contributed by atoms with van der Waals surface area (Å²) in [5, 5.41) is 4.31. The lowest BCUT2D eigenvalue weighted by molar-refractivity contribution is -0.162. The van der Waals surface area contributed by atoms with Crippen molar-refractivity contribution in [3.05, 3.63) is 52.3 Å². The number of carbonyl (C=O) groups is 4. The van der Waals surface area contributed by atoms with E-state index in [-0.39, 0.29) is 41.2 Å². The minimum absolute atomic E-state index is 0.0146. The number of aromatic nitrogens is 1. The molecule has 1 saturated carbocycles. The summed E-state index contributed by atoms with van der Waals surface area (Å²) in [5.74, 6) is -10.4. The van der Waals surface area contributed by atoms with E-state index in [2.05, 4.69) is 5.32 Å². The van der Waals surface area contributed by atoms with E-state index in [4.69, 9.17) is 5.73 Å². The van der Waals surface area contributed by atoms with E-state index in [9.17, 15) is 41.1 Å². The predicted octanol–water partition coefficient (Wildman–Crippen LogP) is 2.17. The quantitative estimate of drug-likeness (QED) is 0.321. The molecule has 1 fully saturated rings. The number of alkyl halides is 3. The van der Waals surface area contributed by atoms with Gasteiger partial charge in [0, 0.05) is 36.7 Å². The highest BCUT2D eigenvalue weighted by atomic mass is 19.3. The molecule has 2 heterocycles. The van der Waals surface area contributed by atoms with Crippen LogP contribution in [0.2, 0.25) is 0 Å². The van der Waals surface area contributed by atoms with Gasteiger partial charge in [0.05, 0.1) is 12.1 Å². The van der Waals surface area contributed by atoms with Crippen LogP contribution in [0.25, 0.3) is 0 Å². The van der Waals surface area contributed by atoms with Gasteiger partial charge in [0.25, 0.3) is 23.5 Å². The van der Waals surface area contributed by atoms with E-state index in [1.807, 2.05) is 5.32 Å². The largest absolute Gasteiger partial charge is 0.368 e. The molecule has 0 radical (unpaired) electrons. The molecule has 1 aromatic carbocycles. The Balaban J connectivity index is 1.65. The molecule has 0 spiro atoms. The molecule has 2 aromatic rings. The van der Waals surface area contributed by atoms with E-state index in [1.54, 1.807) is 0 Å². The highest BCUT2D eigenvalue weighted by Crippen LogP contribution is 2.45. The highest BCUT2D eigenvalue weighted by Gasteiger charge is 2.61. The van der Waals surface area contributed by atoms with Gasteiger partial charge in [0.1, 0.15) is 17.4 Å². The number of amides is 3. The first-order valence-corrected chi connectivity index (χ1v) is 10.4. The first kappa shape index (κ1) is 24.4. The summed E-state index contributed by atoms with van der Waals surface area (Å²) >= 11 is 0. The molecular formula is C22H19F5N4O4. The number of halogens is 5. The third kappa shape index (κ3) is 4.15. The summed E-state index contributed by atoms with van der Waals surface area (Å²) in [6, 6.07) is 2.61. The first-order chi connectivity index (χ1) is 16.2. The minimum atomic E-state index is -3.24. The number of primary amides is 1. The Morgan fingerprint density at radius 3 is 2.34 bits per heavy atom. The van der Waals surface area contributed by atoms with E-state index in [0.717, 1.165) is 18.2 Å². The van der Waals surface area contributed by atoms with Gasteiger partial charge in [-0.1, -0.05) is 0 Å².